The summed E-state index contributed by atoms with van der Waals surface area (Å²) < 4.78 is 10.9. The smallest absolute Gasteiger partial charge is 0.342 e. The van der Waals surface area contributed by atoms with Crippen LogP contribution in [0.3, 0.4) is 0 Å². The number of aromatic nitrogens is 2. The number of benzene rings is 1. The zero-order valence-electron chi connectivity index (χ0n) is 16.6. The predicted molar refractivity (Wildman–Crippen MR) is 117 cm³/mol. The van der Waals surface area contributed by atoms with Crippen molar-refractivity contribution in [2.45, 2.75) is 18.2 Å². The summed E-state index contributed by atoms with van der Waals surface area (Å²) in [6, 6.07) is 9.49. The lowest BCUT2D eigenvalue weighted by Crippen LogP contribution is -2.21. The monoisotopic (exact) mass is 461 g/mol. The normalized spacial score (nSPS) is 10.5. The highest BCUT2D eigenvalue weighted by atomic mass is 32.2. The molecule has 3 aromatic rings. The number of furan rings is 1. The molecule has 162 valence electrons. The van der Waals surface area contributed by atoms with Crippen molar-refractivity contribution in [2.24, 2.45) is 5.73 Å². The topological polar surface area (TPSA) is 149 Å². The molecule has 0 saturated carbocycles. The molecule has 31 heavy (non-hydrogen) atoms. The minimum Gasteiger partial charge on any atom is -0.462 e. The SMILES string of the molecule is CCOC(=O)c1c(C)oc(NC(=O)CSc2nnc(Nc3ccccc3)s2)c1C(N)=O. The number of ether oxygens (including phenoxy) is 1. The van der Waals surface area contributed by atoms with Crippen LogP contribution in [0.1, 0.15) is 33.4 Å². The third-order valence-corrected chi connectivity index (χ3v) is 5.79. The lowest BCUT2D eigenvalue weighted by Gasteiger charge is -2.04. The van der Waals surface area contributed by atoms with Gasteiger partial charge in [-0.15, -0.1) is 10.2 Å². The molecule has 0 aliphatic carbocycles. The molecule has 2 aromatic heterocycles. The van der Waals surface area contributed by atoms with E-state index in [2.05, 4.69) is 20.8 Å². The number of carbonyl (C=O) groups is 3. The highest BCUT2D eigenvalue weighted by Gasteiger charge is 2.29. The Kier molecular flexibility index (Phi) is 7.26. The number of anilines is 3. The number of primary amides is 1. The van der Waals surface area contributed by atoms with E-state index in [-0.39, 0.29) is 35.1 Å². The summed E-state index contributed by atoms with van der Waals surface area (Å²) in [5.41, 5.74) is 5.93. The zero-order chi connectivity index (χ0) is 22.4. The largest absolute Gasteiger partial charge is 0.462 e. The Hall–Kier alpha value is -3.38. The molecule has 0 aliphatic rings. The Morgan fingerprint density at radius 1 is 1.19 bits per heavy atom. The van der Waals surface area contributed by atoms with Gasteiger partial charge in [-0.25, -0.2) is 4.79 Å². The molecule has 2 amide bonds. The summed E-state index contributed by atoms with van der Waals surface area (Å²) in [7, 11) is 0. The third kappa shape index (κ3) is 5.61. The minimum atomic E-state index is -0.913. The number of nitrogens with zero attached hydrogens (tertiary/aromatic N) is 2. The Labute approximate surface area is 185 Å². The van der Waals surface area contributed by atoms with E-state index in [4.69, 9.17) is 14.9 Å². The zero-order valence-corrected chi connectivity index (χ0v) is 18.3. The molecule has 0 unspecified atom stereocenters. The van der Waals surface area contributed by atoms with Crippen LogP contribution >= 0.6 is 23.1 Å². The molecule has 0 saturated heterocycles. The fraction of sp³-hybridized carbons (Fsp3) is 0.211. The van der Waals surface area contributed by atoms with Crippen molar-refractivity contribution in [1.82, 2.24) is 10.2 Å². The van der Waals surface area contributed by atoms with Gasteiger partial charge in [-0.2, -0.15) is 0 Å². The van der Waals surface area contributed by atoms with Crippen LogP contribution < -0.4 is 16.4 Å². The Balaban J connectivity index is 1.63. The van der Waals surface area contributed by atoms with E-state index in [1.54, 1.807) is 6.92 Å². The van der Waals surface area contributed by atoms with Gasteiger partial charge in [0.05, 0.1) is 12.4 Å². The van der Waals surface area contributed by atoms with E-state index in [9.17, 15) is 14.4 Å². The van der Waals surface area contributed by atoms with Crippen molar-refractivity contribution >= 4 is 57.6 Å². The van der Waals surface area contributed by atoms with Gasteiger partial charge in [0.25, 0.3) is 5.91 Å². The molecule has 3 rings (SSSR count). The van der Waals surface area contributed by atoms with Crippen LogP contribution in [0.4, 0.5) is 16.7 Å². The maximum Gasteiger partial charge on any atom is 0.342 e. The Bertz CT molecular complexity index is 1100. The predicted octanol–water partition coefficient (Wildman–Crippen LogP) is 3.19. The number of nitrogens with one attached hydrogen (secondary N) is 2. The van der Waals surface area contributed by atoms with Gasteiger partial charge >= 0.3 is 5.97 Å². The first kappa shape index (κ1) is 22.3. The van der Waals surface area contributed by atoms with E-state index in [0.29, 0.717) is 9.47 Å². The van der Waals surface area contributed by atoms with E-state index in [0.717, 1.165) is 17.4 Å². The quantitative estimate of drug-likeness (QED) is 0.322. The maximum absolute atomic E-state index is 12.4. The summed E-state index contributed by atoms with van der Waals surface area (Å²) in [4.78, 5) is 36.3. The highest BCUT2D eigenvalue weighted by molar-refractivity contribution is 8.01. The van der Waals surface area contributed by atoms with Crippen molar-refractivity contribution in [1.29, 1.82) is 0 Å². The number of esters is 1. The van der Waals surface area contributed by atoms with Gasteiger partial charge in [0, 0.05) is 5.69 Å². The maximum atomic E-state index is 12.4. The summed E-state index contributed by atoms with van der Waals surface area (Å²) in [6.45, 7) is 3.22. The molecule has 2 heterocycles. The lowest BCUT2D eigenvalue weighted by molar-refractivity contribution is -0.113. The van der Waals surface area contributed by atoms with Gasteiger partial charge < -0.3 is 20.2 Å². The van der Waals surface area contributed by atoms with Crippen molar-refractivity contribution < 1.29 is 23.5 Å². The van der Waals surface area contributed by atoms with E-state index >= 15 is 0 Å². The molecular weight excluding hydrogens is 442 g/mol. The van der Waals surface area contributed by atoms with Crippen LogP contribution in [0.5, 0.6) is 0 Å². The number of hydrogen-bond donors (Lipinski definition) is 3. The fourth-order valence-electron chi connectivity index (χ4n) is 2.57. The summed E-state index contributed by atoms with van der Waals surface area (Å²) in [5, 5.41) is 14.2. The first-order valence-electron chi connectivity index (χ1n) is 9.07. The van der Waals surface area contributed by atoms with Crippen molar-refractivity contribution in [3.05, 3.63) is 47.2 Å². The van der Waals surface area contributed by atoms with Crippen LogP contribution in [-0.4, -0.2) is 40.3 Å². The van der Waals surface area contributed by atoms with Crippen LogP contribution in [0, 0.1) is 6.92 Å². The number of nitrogens with two attached hydrogens (primary N) is 1. The molecule has 10 nitrogen and oxygen atoms in total. The van der Waals surface area contributed by atoms with E-state index in [1.165, 1.54) is 18.3 Å². The number of amides is 2. The average Bonchev–Trinajstić information content (AvgIpc) is 3.31. The van der Waals surface area contributed by atoms with Crippen molar-refractivity contribution in [3.8, 4) is 0 Å². The van der Waals surface area contributed by atoms with Gasteiger partial charge in [0.15, 0.2) is 4.34 Å². The summed E-state index contributed by atoms with van der Waals surface area (Å²) in [5.74, 6) is -2.22. The molecule has 0 bridgehead atoms. The number of hydrogen-bond acceptors (Lipinski definition) is 10. The van der Waals surface area contributed by atoms with Crippen molar-refractivity contribution in [3.63, 3.8) is 0 Å². The molecule has 0 spiro atoms. The van der Waals surface area contributed by atoms with E-state index < -0.39 is 17.8 Å². The number of para-hydroxylation sites is 1. The number of thioether (sulfide) groups is 1. The number of rotatable bonds is 9. The first-order valence-corrected chi connectivity index (χ1v) is 10.9. The van der Waals surface area contributed by atoms with Crippen LogP contribution in [0.2, 0.25) is 0 Å². The first-order chi connectivity index (χ1) is 14.9. The van der Waals surface area contributed by atoms with Crippen molar-refractivity contribution in [2.75, 3.05) is 23.0 Å². The molecule has 1 aromatic carbocycles. The van der Waals surface area contributed by atoms with Gasteiger partial charge in [0.2, 0.25) is 16.9 Å². The molecule has 0 fully saturated rings. The summed E-state index contributed by atoms with van der Waals surface area (Å²) >= 11 is 2.45. The third-order valence-electron chi connectivity index (χ3n) is 3.82. The highest BCUT2D eigenvalue weighted by Crippen LogP contribution is 2.30. The molecular formula is C19H19N5O5S2. The average molecular weight is 462 g/mol. The standard InChI is InChI=1S/C19H19N5O5S2/c1-3-28-17(27)13-10(2)29-16(14(13)15(20)26)22-12(25)9-30-19-24-23-18(31-19)21-11-7-5-4-6-8-11/h4-8H,3,9H2,1-2H3,(H2,20,26)(H,21,23)(H,22,25). The molecule has 12 heteroatoms. The van der Waals surface area contributed by atoms with Gasteiger partial charge in [-0.05, 0) is 26.0 Å². The van der Waals surface area contributed by atoms with Gasteiger partial charge in [0.1, 0.15) is 16.9 Å². The second-order valence-corrected chi connectivity index (χ2v) is 8.22. The van der Waals surface area contributed by atoms with Crippen LogP contribution in [0.15, 0.2) is 39.1 Å². The second-order valence-electron chi connectivity index (χ2n) is 6.02. The van der Waals surface area contributed by atoms with Crippen LogP contribution in [0.25, 0.3) is 0 Å². The second kappa shape index (κ2) is 10.1. The molecule has 0 radical (unpaired) electrons. The molecule has 0 aliphatic heterocycles. The molecule has 0 atom stereocenters. The van der Waals surface area contributed by atoms with Crippen LogP contribution in [-0.2, 0) is 9.53 Å². The lowest BCUT2D eigenvalue weighted by atomic mass is 10.1. The summed E-state index contributed by atoms with van der Waals surface area (Å²) in [6.07, 6.45) is 0. The minimum absolute atomic E-state index is 0.0212. The fourth-order valence-corrected chi connectivity index (χ4v) is 4.14. The van der Waals surface area contributed by atoms with Gasteiger partial charge in [-0.3, -0.25) is 14.9 Å². The number of aryl methyl sites for hydroxylation is 1. The number of carbonyl (C=O) groups excluding carboxylic acids is 3. The Morgan fingerprint density at radius 3 is 2.61 bits per heavy atom. The Morgan fingerprint density at radius 2 is 1.94 bits per heavy atom. The molecule has 4 N–H and O–H groups in total. The van der Waals surface area contributed by atoms with E-state index in [1.807, 2.05) is 30.3 Å². The van der Waals surface area contributed by atoms with Gasteiger partial charge in [-0.1, -0.05) is 41.3 Å².